The van der Waals surface area contributed by atoms with Crippen LogP contribution in [0.4, 0.5) is 16.2 Å². The van der Waals surface area contributed by atoms with Crippen molar-refractivity contribution in [1.82, 2.24) is 10.3 Å². The largest absolute Gasteiger partial charge is 0.506 e. The molecule has 0 radical (unpaired) electrons. The number of aromatic hydroxyl groups is 1. The maximum Gasteiger partial charge on any atom is 0.319 e. The van der Waals surface area contributed by atoms with Crippen LogP contribution in [0.15, 0.2) is 73.1 Å². The molecule has 1 atom stereocenters. The fourth-order valence-electron chi connectivity index (χ4n) is 2.58. The highest BCUT2D eigenvalue weighted by atomic mass is 16.3. The molecule has 0 aliphatic heterocycles. The first-order valence-corrected chi connectivity index (χ1v) is 8.70. The lowest BCUT2D eigenvalue weighted by molar-refractivity contribution is 0.102. The van der Waals surface area contributed by atoms with Crippen LogP contribution >= 0.6 is 0 Å². The highest BCUT2D eigenvalue weighted by Gasteiger charge is 2.12. The number of nitrogens with one attached hydrogen (secondary N) is 3. The van der Waals surface area contributed by atoms with Gasteiger partial charge in [0.15, 0.2) is 0 Å². The second kappa shape index (κ2) is 8.68. The van der Waals surface area contributed by atoms with Gasteiger partial charge in [0.25, 0.3) is 5.91 Å². The Morgan fingerprint density at radius 3 is 2.39 bits per heavy atom. The molecule has 3 aromatic rings. The van der Waals surface area contributed by atoms with Gasteiger partial charge in [-0.1, -0.05) is 24.3 Å². The summed E-state index contributed by atoms with van der Waals surface area (Å²) >= 11 is 0. The average Bonchev–Trinajstić information content (AvgIpc) is 2.70. The highest BCUT2D eigenvalue weighted by Crippen LogP contribution is 2.22. The number of anilines is 2. The molecular formula is C21H20N4O3. The summed E-state index contributed by atoms with van der Waals surface area (Å²) in [6, 6.07) is 16.3. The lowest BCUT2D eigenvalue weighted by atomic mass is 10.1. The third-order valence-electron chi connectivity index (χ3n) is 4.09. The Morgan fingerprint density at radius 2 is 1.71 bits per heavy atom. The van der Waals surface area contributed by atoms with E-state index in [2.05, 4.69) is 20.9 Å². The number of carbonyl (C=O) groups excluding carboxylic acids is 2. The summed E-state index contributed by atoms with van der Waals surface area (Å²) in [6.07, 6.45) is 3.19. The monoisotopic (exact) mass is 376 g/mol. The van der Waals surface area contributed by atoms with Gasteiger partial charge in [-0.05, 0) is 48.9 Å². The molecule has 3 rings (SSSR count). The fraction of sp³-hybridized carbons (Fsp3) is 0.0952. The normalized spacial score (nSPS) is 11.3. The molecule has 28 heavy (non-hydrogen) atoms. The van der Waals surface area contributed by atoms with E-state index in [9.17, 15) is 14.7 Å². The van der Waals surface area contributed by atoms with E-state index >= 15 is 0 Å². The number of phenols is 1. The van der Waals surface area contributed by atoms with Gasteiger partial charge >= 0.3 is 6.03 Å². The van der Waals surface area contributed by atoms with Crippen molar-refractivity contribution >= 4 is 23.3 Å². The lowest BCUT2D eigenvalue weighted by Gasteiger charge is -2.15. The zero-order chi connectivity index (χ0) is 19.9. The van der Waals surface area contributed by atoms with Crippen molar-refractivity contribution in [2.45, 2.75) is 13.0 Å². The van der Waals surface area contributed by atoms with Gasteiger partial charge in [-0.3, -0.25) is 9.78 Å². The van der Waals surface area contributed by atoms with Crippen molar-refractivity contribution in [2.24, 2.45) is 0 Å². The van der Waals surface area contributed by atoms with Crippen LogP contribution in [0.2, 0.25) is 0 Å². The number of benzene rings is 2. The molecule has 0 fully saturated rings. The molecule has 7 nitrogen and oxygen atoms in total. The second-order valence-electron chi connectivity index (χ2n) is 6.16. The minimum Gasteiger partial charge on any atom is -0.506 e. The molecule has 142 valence electrons. The van der Waals surface area contributed by atoms with Crippen LogP contribution in [0.5, 0.6) is 5.75 Å². The summed E-state index contributed by atoms with van der Waals surface area (Å²) in [4.78, 5) is 28.3. The van der Waals surface area contributed by atoms with Crippen molar-refractivity contribution in [2.75, 3.05) is 10.6 Å². The number of carbonyl (C=O) groups is 2. The first-order chi connectivity index (χ1) is 13.5. The Labute approximate surface area is 162 Å². The first-order valence-electron chi connectivity index (χ1n) is 8.70. The number of nitrogens with zero attached hydrogens (tertiary/aromatic N) is 1. The summed E-state index contributed by atoms with van der Waals surface area (Å²) in [5.41, 5.74) is 2.24. The molecule has 1 unspecified atom stereocenters. The van der Waals surface area contributed by atoms with E-state index in [0.29, 0.717) is 16.9 Å². The zero-order valence-corrected chi connectivity index (χ0v) is 15.2. The van der Waals surface area contributed by atoms with E-state index in [1.165, 1.54) is 6.07 Å². The molecule has 0 aliphatic carbocycles. The van der Waals surface area contributed by atoms with Crippen molar-refractivity contribution in [3.8, 4) is 5.75 Å². The summed E-state index contributed by atoms with van der Waals surface area (Å²) in [5, 5.41) is 17.9. The number of para-hydroxylation sites is 2. The summed E-state index contributed by atoms with van der Waals surface area (Å²) in [7, 11) is 0. The molecule has 0 bridgehead atoms. The molecule has 4 N–H and O–H groups in total. The molecule has 0 aliphatic rings. The number of rotatable bonds is 5. The van der Waals surface area contributed by atoms with Crippen molar-refractivity contribution in [3.63, 3.8) is 0 Å². The Bertz CT molecular complexity index is 959. The van der Waals surface area contributed by atoms with Gasteiger partial charge in [0.05, 0.1) is 23.6 Å². The van der Waals surface area contributed by atoms with Gasteiger partial charge in [-0.2, -0.15) is 0 Å². The van der Waals surface area contributed by atoms with Gasteiger partial charge in [0.1, 0.15) is 5.75 Å². The number of urea groups is 1. The van der Waals surface area contributed by atoms with Crippen LogP contribution in [-0.2, 0) is 0 Å². The van der Waals surface area contributed by atoms with E-state index in [4.69, 9.17) is 0 Å². The molecule has 2 aromatic carbocycles. The van der Waals surface area contributed by atoms with Crippen molar-refractivity contribution < 1.29 is 14.7 Å². The van der Waals surface area contributed by atoms with Gasteiger partial charge in [-0.15, -0.1) is 0 Å². The molecule has 1 aromatic heterocycles. The van der Waals surface area contributed by atoms with E-state index in [0.717, 1.165) is 5.56 Å². The Balaban J connectivity index is 1.59. The zero-order valence-electron chi connectivity index (χ0n) is 15.2. The maximum atomic E-state index is 12.3. The number of hydrogen-bond donors (Lipinski definition) is 4. The van der Waals surface area contributed by atoms with Crippen LogP contribution in [0.3, 0.4) is 0 Å². The highest BCUT2D eigenvalue weighted by molar-refractivity contribution is 6.05. The maximum absolute atomic E-state index is 12.3. The van der Waals surface area contributed by atoms with Crippen LogP contribution in [0.1, 0.15) is 28.9 Å². The Morgan fingerprint density at radius 1 is 0.964 bits per heavy atom. The van der Waals surface area contributed by atoms with Crippen LogP contribution < -0.4 is 16.0 Å². The van der Waals surface area contributed by atoms with Crippen LogP contribution in [0, 0.1) is 0 Å². The molecule has 7 heteroatoms. The van der Waals surface area contributed by atoms with E-state index in [1.807, 2.05) is 6.92 Å². The molecule has 0 spiro atoms. The Hall–Kier alpha value is -3.87. The lowest BCUT2D eigenvalue weighted by Crippen LogP contribution is -2.31. The molecule has 3 amide bonds. The van der Waals surface area contributed by atoms with Crippen LogP contribution in [-0.4, -0.2) is 22.0 Å². The topological polar surface area (TPSA) is 103 Å². The standard InChI is InChI=1S/C21H20N4O3/c1-14(23-21(28)24-17-5-4-12-22-13-17)15-8-10-16(11-9-15)20(27)25-18-6-2-3-7-19(18)26/h2-14,26H,1H3,(H,25,27)(H2,23,24,28). The Kier molecular flexibility index (Phi) is 5.86. The number of aromatic nitrogens is 1. The van der Waals surface area contributed by atoms with Gasteiger partial charge in [0.2, 0.25) is 0 Å². The third-order valence-corrected chi connectivity index (χ3v) is 4.09. The first kappa shape index (κ1) is 18.9. The predicted octanol–water partition coefficient (Wildman–Crippen LogP) is 3.92. The fourth-order valence-corrected chi connectivity index (χ4v) is 2.58. The third kappa shape index (κ3) is 4.85. The minimum atomic E-state index is -0.345. The van der Waals surface area contributed by atoms with E-state index in [1.54, 1.807) is 67.0 Å². The SMILES string of the molecule is CC(NC(=O)Nc1cccnc1)c1ccc(C(=O)Nc2ccccc2O)cc1. The van der Waals surface area contributed by atoms with Gasteiger partial charge in [0, 0.05) is 11.8 Å². The molecular weight excluding hydrogens is 356 g/mol. The van der Waals surface area contributed by atoms with Gasteiger partial charge in [-0.25, -0.2) is 4.79 Å². The molecule has 0 saturated heterocycles. The predicted molar refractivity (Wildman–Crippen MR) is 107 cm³/mol. The van der Waals surface area contributed by atoms with Crippen molar-refractivity contribution in [1.29, 1.82) is 0 Å². The van der Waals surface area contributed by atoms with E-state index < -0.39 is 0 Å². The smallest absolute Gasteiger partial charge is 0.319 e. The van der Waals surface area contributed by atoms with Gasteiger partial charge < -0.3 is 21.1 Å². The van der Waals surface area contributed by atoms with E-state index in [-0.39, 0.29) is 23.7 Å². The second-order valence-corrected chi connectivity index (χ2v) is 6.16. The number of pyridine rings is 1. The number of hydrogen-bond acceptors (Lipinski definition) is 4. The number of phenolic OH excluding ortho intramolecular Hbond substituents is 1. The molecule has 1 heterocycles. The average molecular weight is 376 g/mol. The summed E-state index contributed by atoms with van der Waals surface area (Å²) in [6.45, 7) is 1.85. The number of amides is 3. The quantitative estimate of drug-likeness (QED) is 0.507. The summed E-state index contributed by atoms with van der Waals surface area (Å²) < 4.78 is 0. The molecule has 0 saturated carbocycles. The minimum absolute atomic E-state index is 0.00456. The van der Waals surface area contributed by atoms with Crippen LogP contribution in [0.25, 0.3) is 0 Å². The summed E-state index contributed by atoms with van der Waals surface area (Å²) in [5.74, 6) is -0.326. The van der Waals surface area contributed by atoms with Crippen molar-refractivity contribution in [3.05, 3.63) is 84.2 Å².